The zero-order chi connectivity index (χ0) is 19.8. The highest BCUT2D eigenvalue weighted by molar-refractivity contribution is 7.14. The van der Waals surface area contributed by atoms with E-state index < -0.39 is 17.7 Å². The van der Waals surface area contributed by atoms with Crippen LogP contribution in [0.2, 0.25) is 0 Å². The lowest BCUT2D eigenvalue weighted by molar-refractivity contribution is -0.117. The average molecular weight is 411 g/mol. The van der Waals surface area contributed by atoms with Gasteiger partial charge in [-0.05, 0) is 28.5 Å². The maximum absolute atomic E-state index is 13.1. The molecule has 5 nitrogen and oxygen atoms in total. The predicted molar refractivity (Wildman–Crippen MR) is 111 cm³/mol. The van der Waals surface area contributed by atoms with Gasteiger partial charge in [-0.1, -0.05) is 44.2 Å². The zero-order valence-electron chi connectivity index (χ0n) is 15.3. The first-order valence-electron chi connectivity index (χ1n) is 8.83. The Morgan fingerprint density at radius 1 is 1.14 bits per heavy atom. The molecule has 1 aliphatic rings. The lowest BCUT2D eigenvalue weighted by atomic mass is 9.93. The molecule has 0 saturated heterocycles. The highest BCUT2D eigenvalue weighted by Crippen LogP contribution is 2.43. The van der Waals surface area contributed by atoms with E-state index in [0.717, 1.165) is 11.1 Å². The van der Waals surface area contributed by atoms with E-state index in [9.17, 15) is 14.7 Å². The number of rotatable bonds is 5. The minimum absolute atomic E-state index is 0.0972. The molecule has 1 amide bonds. The van der Waals surface area contributed by atoms with Crippen LogP contribution in [0.3, 0.4) is 0 Å². The molecule has 1 N–H and O–H groups in total. The topological polar surface area (TPSA) is 70.5 Å². The maximum Gasteiger partial charge on any atom is 0.296 e. The molecule has 1 aromatic carbocycles. The molecule has 4 rings (SSSR count). The van der Waals surface area contributed by atoms with E-state index in [1.807, 2.05) is 24.3 Å². The highest BCUT2D eigenvalue weighted by atomic mass is 32.1. The molecule has 2 aromatic heterocycles. The van der Waals surface area contributed by atoms with E-state index in [2.05, 4.69) is 18.8 Å². The highest BCUT2D eigenvalue weighted by Gasteiger charge is 2.45. The van der Waals surface area contributed by atoms with Gasteiger partial charge in [0, 0.05) is 11.6 Å². The quantitative estimate of drug-likeness (QED) is 0.593. The predicted octanol–water partition coefficient (Wildman–Crippen LogP) is 5.11. The number of aliphatic hydroxyl groups excluding tert-OH is 1. The number of aliphatic hydroxyl groups is 1. The third-order valence-corrected chi connectivity index (χ3v) is 6.38. The number of aromatic nitrogens is 1. The Bertz CT molecular complexity index is 1040. The van der Waals surface area contributed by atoms with Gasteiger partial charge in [0.05, 0.1) is 16.5 Å². The Morgan fingerprint density at radius 2 is 1.89 bits per heavy atom. The standard InChI is InChI=1S/C21H18N2O3S2/c1-12(2)13-5-7-14(8-6-13)17-16(18(24)15-4-3-10-27-15)19(25)20(26)23(17)21-22-9-11-28-21/h3-12,17,25H,1-2H3. The van der Waals surface area contributed by atoms with Crippen LogP contribution >= 0.6 is 22.7 Å². The van der Waals surface area contributed by atoms with Crippen LogP contribution in [-0.4, -0.2) is 21.8 Å². The van der Waals surface area contributed by atoms with Crippen LogP contribution in [0, 0.1) is 0 Å². The molecule has 142 valence electrons. The normalized spacial score (nSPS) is 17.0. The first-order valence-corrected chi connectivity index (χ1v) is 10.6. The molecular weight excluding hydrogens is 392 g/mol. The number of nitrogens with zero attached hydrogens (tertiary/aromatic N) is 2. The Balaban J connectivity index is 1.85. The third kappa shape index (κ3) is 3.06. The van der Waals surface area contributed by atoms with Crippen molar-refractivity contribution in [1.29, 1.82) is 0 Å². The minimum Gasteiger partial charge on any atom is -0.503 e. The van der Waals surface area contributed by atoms with Gasteiger partial charge in [0.2, 0.25) is 5.78 Å². The molecule has 3 aromatic rings. The monoisotopic (exact) mass is 410 g/mol. The second kappa shape index (κ2) is 7.33. The van der Waals surface area contributed by atoms with Gasteiger partial charge in [-0.15, -0.1) is 22.7 Å². The van der Waals surface area contributed by atoms with Gasteiger partial charge in [0.15, 0.2) is 10.9 Å². The van der Waals surface area contributed by atoms with E-state index in [4.69, 9.17) is 0 Å². The van der Waals surface area contributed by atoms with Crippen molar-refractivity contribution in [3.05, 3.63) is 80.7 Å². The molecule has 0 bridgehead atoms. The van der Waals surface area contributed by atoms with Crippen LogP contribution in [0.4, 0.5) is 5.13 Å². The van der Waals surface area contributed by atoms with Crippen molar-refractivity contribution >= 4 is 39.5 Å². The number of carbonyl (C=O) groups excluding carboxylic acids is 2. The van der Waals surface area contributed by atoms with Crippen molar-refractivity contribution in [1.82, 2.24) is 4.98 Å². The summed E-state index contributed by atoms with van der Waals surface area (Å²) >= 11 is 2.58. The van der Waals surface area contributed by atoms with Gasteiger partial charge in [-0.25, -0.2) is 4.98 Å². The summed E-state index contributed by atoms with van der Waals surface area (Å²) in [5.74, 6) is -1.08. The Kier molecular flexibility index (Phi) is 4.87. The number of Topliss-reactive ketones (excluding diaryl/α,β-unsaturated/α-hetero) is 1. The molecule has 1 unspecified atom stereocenters. The third-order valence-electron chi connectivity index (χ3n) is 4.74. The number of hydrogen-bond acceptors (Lipinski definition) is 6. The molecule has 1 aliphatic heterocycles. The number of hydrogen-bond donors (Lipinski definition) is 1. The van der Waals surface area contributed by atoms with Crippen LogP contribution in [-0.2, 0) is 4.79 Å². The summed E-state index contributed by atoms with van der Waals surface area (Å²) in [5, 5.41) is 14.6. The smallest absolute Gasteiger partial charge is 0.296 e. The fourth-order valence-corrected chi connectivity index (χ4v) is 4.63. The van der Waals surface area contributed by atoms with E-state index in [1.54, 1.807) is 29.1 Å². The molecule has 3 heterocycles. The first-order chi connectivity index (χ1) is 13.5. The largest absolute Gasteiger partial charge is 0.503 e. The van der Waals surface area contributed by atoms with Gasteiger partial charge in [0.25, 0.3) is 5.91 Å². The number of thiophene rings is 1. The molecule has 28 heavy (non-hydrogen) atoms. The first kappa shape index (κ1) is 18.6. The number of amides is 1. The van der Waals surface area contributed by atoms with Gasteiger partial charge < -0.3 is 5.11 Å². The van der Waals surface area contributed by atoms with E-state index in [-0.39, 0.29) is 11.4 Å². The fourth-order valence-electron chi connectivity index (χ4n) is 3.29. The summed E-state index contributed by atoms with van der Waals surface area (Å²) in [7, 11) is 0. The average Bonchev–Trinajstić information content (AvgIpc) is 3.43. The lowest BCUT2D eigenvalue weighted by Gasteiger charge is -2.24. The summed E-state index contributed by atoms with van der Waals surface area (Å²) in [5.41, 5.74) is 2.02. The van der Waals surface area contributed by atoms with Crippen molar-refractivity contribution in [2.75, 3.05) is 4.90 Å². The van der Waals surface area contributed by atoms with E-state index in [1.165, 1.54) is 27.6 Å². The zero-order valence-corrected chi connectivity index (χ0v) is 17.0. The van der Waals surface area contributed by atoms with Crippen LogP contribution in [0.25, 0.3) is 0 Å². The van der Waals surface area contributed by atoms with Crippen molar-refractivity contribution in [3.8, 4) is 0 Å². The molecule has 0 spiro atoms. The van der Waals surface area contributed by atoms with Gasteiger partial charge in [0.1, 0.15) is 0 Å². The van der Waals surface area contributed by atoms with Crippen LogP contribution < -0.4 is 4.90 Å². The molecular formula is C21H18N2O3S2. The fraction of sp³-hybridized carbons (Fsp3) is 0.190. The van der Waals surface area contributed by atoms with Gasteiger partial charge in [-0.2, -0.15) is 0 Å². The number of benzene rings is 1. The molecule has 0 radical (unpaired) electrons. The second-order valence-electron chi connectivity index (χ2n) is 6.78. The summed E-state index contributed by atoms with van der Waals surface area (Å²) in [6, 6.07) is 10.6. The van der Waals surface area contributed by atoms with Crippen molar-refractivity contribution in [2.24, 2.45) is 0 Å². The number of anilines is 1. The number of ketones is 1. The summed E-state index contributed by atoms with van der Waals surface area (Å²) in [6.07, 6.45) is 1.60. The van der Waals surface area contributed by atoms with Gasteiger partial charge in [-0.3, -0.25) is 14.5 Å². The maximum atomic E-state index is 13.1. The van der Waals surface area contributed by atoms with Crippen LogP contribution in [0.5, 0.6) is 0 Å². The van der Waals surface area contributed by atoms with Gasteiger partial charge >= 0.3 is 0 Å². The number of carbonyl (C=O) groups is 2. The van der Waals surface area contributed by atoms with Crippen molar-refractivity contribution in [2.45, 2.75) is 25.8 Å². The van der Waals surface area contributed by atoms with E-state index in [0.29, 0.717) is 15.9 Å². The van der Waals surface area contributed by atoms with Crippen LogP contribution in [0.15, 0.2) is 64.7 Å². The minimum atomic E-state index is -0.713. The molecule has 0 saturated carbocycles. The number of thiazole rings is 1. The second-order valence-corrected chi connectivity index (χ2v) is 8.60. The summed E-state index contributed by atoms with van der Waals surface area (Å²) < 4.78 is 0. The van der Waals surface area contributed by atoms with Crippen molar-refractivity contribution in [3.63, 3.8) is 0 Å². The van der Waals surface area contributed by atoms with Crippen molar-refractivity contribution < 1.29 is 14.7 Å². The SMILES string of the molecule is CC(C)c1ccc(C2C(C(=O)c3cccs3)=C(O)C(=O)N2c2nccs2)cc1. The lowest BCUT2D eigenvalue weighted by Crippen LogP contribution is -2.30. The van der Waals surface area contributed by atoms with E-state index >= 15 is 0 Å². The molecule has 0 fully saturated rings. The molecule has 0 aliphatic carbocycles. The molecule has 1 atom stereocenters. The summed E-state index contributed by atoms with van der Waals surface area (Å²) in [6.45, 7) is 4.21. The van der Waals surface area contributed by atoms with Crippen LogP contribution in [0.1, 0.15) is 46.6 Å². The molecule has 7 heteroatoms. The Morgan fingerprint density at radius 3 is 2.46 bits per heavy atom. The summed E-state index contributed by atoms with van der Waals surface area (Å²) in [4.78, 5) is 32.1. The Hall–Kier alpha value is -2.77. The Labute approximate surface area is 170 Å².